The number of carbonyl (C=O) groups excluding carboxylic acids is 3. The smallest absolute Gasteiger partial charge is 0.407 e. The summed E-state index contributed by atoms with van der Waals surface area (Å²) in [5.74, 6) is 3.11. The molecule has 5 aliphatic rings. The zero-order chi connectivity index (χ0) is 46.2. The number of carbonyl (C=O) groups is 3. The quantitative estimate of drug-likeness (QED) is 0.127. The largest absolute Gasteiger partial charge is 0.453 e. The number of imidazole rings is 2. The fourth-order valence-corrected chi connectivity index (χ4v) is 12.8. The molecular formula is C54H70N8O4. The van der Waals surface area contributed by atoms with Gasteiger partial charge >= 0.3 is 6.09 Å². The highest BCUT2D eigenvalue weighted by Crippen LogP contribution is 2.51. The number of nitrogens with zero attached hydrogens (tertiary/aromatic N) is 5. The molecule has 5 aromatic rings. The molecule has 12 heteroatoms. The van der Waals surface area contributed by atoms with Crippen LogP contribution < -0.4 is 10.2 Å². The summed E-state index contributed by atoms with van der Waals surface area (Å²) in [7, 11) is 1.33. The molecule has 0 spiro atoms. The van der Waals surface area contributed by atoms with Crippen LogP contribution >= 0.6 is 0 Å². The third-order valence-electron chi connectivity index (χ3n) is 16.1. The molecule has 2 aliphatic carbocycles. The van der Waals surface area contributed by atoms with E-state index in [0.717, 1.165) is 85.1 Å². The summed E-state index contributed by atoms with van der Waals surface area (Å²) >= 11 is 0. The van der Waals surface area contributed by atoms with Gasteiger partial charge in [-0.25, -0.2) is 14.8 Å². The highest BCUT2D eigenvalue weighted by molar-refractivity contribution is 5.87. The van der Waals surface area contributed by atoms with E-state index in [9.17, 15) is 14.4 Å². The van der Waals surface area contributed by atoms with E-state index in [2.05, 4.69) is 120 Å². The van der Waals surface area contributed by atoms with E-state index in [1.807, 2.05) is 18.7 Å². The summed E-state index contributed by atoms with van der Waals surface area (Å²) in [6, 6.07) is 22.4. The highest BCUT2D eigenvalue weighted by Gasteiger charge is 2.50. The van der Waals surface area contributed by atoms with E-state index < -0.39 is 12.1 Å². The third kappa shape index (κ3) is 8.03. The van der Waals surface area contributed by atoms with Gasteiger partial charge in [0.25, 0.3) is 0 Å². The topological polar surface area (TPSA) is 140 Å². The van der Waals surface area contributed by atoms with Crippen molar-refractivity contribution in [1.82, 2.24) is 35.1 Å². The molecule has 5 heterocycles. The highest BCUT2D eigenvalue weighted by atomic mass is 16.5. The van der Waals surface area contributed by atoms with Gasteiger partial charge in [-0.05, 0) is 134 Å². The summed E-state index contributed by atoms with van der Waals surface area (Å²) in [5, 5.41) is 2.84. The summed E-state index contributed by atoms with van der Waals surface area (Å²) in [6.07, 6.45) is 10.4. The van der Waals surface area contributed by atoms with Crippen LogP contribution in [-0.2, 0) is 19.7 Å². The number of H-pyrrole nitrogens is 2. The van der Waals surface area contributed by atoms with Gasteiger partial charge < -0.3 is 34.7 Å². The Bertz CT molecular complexity index is 2610. The van der Waals surface area contributed by atoms with Gasteiger partial charge in [-0.2, -0.15) is 0 Å². The lowest BCUT2D eigenvalue weighted by molar-refractivity contribution is -0.138. The minimum absolute atomic E-state index is 0.00796. The van der Waals surface area contributed by atoms with Crippen LogP contribution in [0.5, 0.6) is 0 Å². The Morgan fingerprint density at radius 2 is 1.24 bits per heavy atom. The van der Waals surface area contributed by atoms with E-state index in [-0.39, 0.29) is 53.4 Å². The maximum absolute atomic E-state index is 14.4. The number of amides is 3. The molecule has 3 saturated heterocycles. The molecule has 3 N–H and O–H groups in total. The second-order valence-electron chi connectivity index (χ2n) is 22.1. The van der Waals surface area contributed by atoms with E-state index >= 15 is 0 Å². The lowest BCUT2D eigenvalue weighted by Crippen LogP contribution is -2.53. The van der Waals surface area contributed by atoms with E-state index in [0.29, 0.717) is 30.2 Å². The van der Waals surface area contributed by atoms with Crippen molar-refractivity contribution >= 4 is 45.7 Å². The van der Waals surface area contributed by atoms with Crippen molar-refractivity contribution in [2.45, 2.75) is 167 Å². The van der Waals surface area contributed by atoms with Gasteiger partial charge in [0.1, 0.15) is 17.7 Å². The molecule has 350 valence electrons. The van der Waals surface area contributed by atoms with Crippen molar-refractivity contribution in [3.05, 3.63) is 89.0 Å². The van der Waals surface area contributed by atoms with Crippen molar-refractivity contribution in [2.24, 2.45) is 23.7 Å². The first-order valence-corrected chi connectivity index (χ1v) is 25.0. The van der Waals surface area contributed by atoms with Gasteiger partial charge in [-0.1, -0.05) is 85.6 Å². The average molecular weight is 895 g/mol. The summed E-state index contributed by atoms with van der Waals surface area (Å²) in [5.41, 5.74) is 8.83. The van der Waals surface area contributed by atoms with Crippen LogP contribution in [0.15, 0.2) is 60.7 Å². The summed E-state index contributed by atoms with van der Waals surface area (Å²) in [6.45, 7) is 15.0. The number of likely N-dealkylation sites (tertiary alicyclic amines) is 2. The molecule has 66 heavy (non-hydrogen) atoms. The number of nitrogens with one attached hydrogen (secondary N) is 3. The molecule has 2 unspecified atom stereocenters. The number of aromatic amines is 2. The molecule has 3 amide bonds. The van der Waals surface area contributed by atoms with Crippen LogP contribution in [0.25, 0.3) is 22.1 Å². The van der Waals surface area contributed by atoms with Gasteiger partial charge in [-0.3, -0.25) is 9.59 Å². The van der Waals surface area contributed by atoms with Crippen molar-refractivity contribution in [2.75, 3.05) is 12.0 Å². The maximum Gasteiger partial charge on any atom is 0.407 e. The number of methoxy groups -OCH3 is 1. The zero-order valence-corrected chi connectivity index (χ0v) is 40.3. The van der Waals surface area contributed by atoms with Crippen LogP contribution in [0.2, 0.25) is 0 Å². The molecule has 12 nitrogen and oxygen atoms in total. The minimum Gasteiger partial charge on any atom is -0.453 e. The number of benzene rings is 3. The zero-order valence-electron chi connectivity index (χ0n) is 40.3. The third-order valence-corrected chi connectivity index (χ3v) is 16.1. The van der Waals surface area contributed by atoms with Crippen LogP contribution in [-0.4, -0.2) is 72.9 Å². The number of hydrogen-bond acceptors (Lipinski definition) is 7. The SMILES string of the molecule is COC(=O)N[C@H](C(=O)N1C(c2nc3ccc(C4CC[C@H](c5ccc6nc([C@@H]7C[C@@H]8CCC[C@@H]8N7C(=O)CC(C)C)[nH]c6c5)N4c4ccc(C(C)(C)C)cc4)cc3[nH]2)C[C@@H]2CCC[C@@H]21)C(C)C. The van der Waals surface area contributed by atoms with Gasteiger partial charge in [0.05, 0.1) is 53.3 Å². The van der Waals surface area contributed by atoms with E-state index in [4.69, 9.17) is 14.7 Å². The number of hydrogen-bond donors (Lipinski definition) is 3. The lowest BCUT2D eigenvalue weighted by Gasteiger charge is -2.34. The molecule has 0 bridgehead atoms. The Labute approximate surface area is 390 Å². The van der Waals surface area contributed by atoms with Crippen LogP contribution in [0.3, 0.4) is 0 Å². The molecule has 5 fully saturated rings. The second-order valence-corrected chi connectivity index (χ2v) is 22.1. The van der Waals surface area contributed by atoms with Gasteiger partial charge in [0.2, 0.25) is 11.8 Å². The number of aromatic nitrogens is 4. The molecule has 2 saturated carbocycles. The maximum atomic E-state index is 14.4. The molecule has 9 atom stereocenters. The van der Waals surface area contributed by atoms with Crippen molar-refractivity contribution in [3.63, 3.8) is 0 Å². The first kappa shape index (κ1) is 44.4. The lowest BCUT2D eigenvalue weighted by atomic mass is 9.87. The minimum atomic E-state index is -0.687. The predicted octanol–water partition coefficient (Wildman–Crippen LogP) is 11.1. The molecule has 3 aromatic carbocycles. The van der Waals surface area contributed by atoms with Crippen molar-refractivity contribution < 1.29 is 19.1 Å². The van der Waals surface area contributed by atoms with E-state index in [1.165, 1.54) is 42.3 Å². The van der Waals surface area contributed by atoms with E-state index in [1.54, 1.807) is 0 Å². The standard InChI is InChI=1S/C54H70N8O4/c1-30(2)25-48(63)61-42-13-9-11-32(42)28-46(61)50-55-38-21-15-34(26-40(38)57-50)44-23-24-45(60(44)37-19-17-36(18-20-37)54(5,6)7)35-16-22-39-41(27-35)58-51(56-39)47-29-33-12-10-14-43(33)62(47)52(64)49(31(3)4)59-53(65)66-8/h15-22,26-27,30-33,42-47,49H,9-14,23-25,28-29H2,1-8H3,(H,55,57)(H,56,58)(H,59,65)/t32-,33-,42-,43-,44+,45?,46-,47?,49-/m0/s1. The molecule has 3 aliphatic heterocycles. The molecule has 2 aromatic heterocycles. The normalized spacial score (nSPS) is 26.8. The second kappa shape index (κ2) is 17.4. The summed E-state index contributed by atoms with van der Waals surface area (Å²) in [4.78, 5) is 65.3. The Hall–Kier alpha value is -5.39. The van der Waals surface area contributed by atoms with Gasteiger partial charge in [-0.15, -0.1) is 0 Å². The Kier molecular flexibility index (Phi) is 11.7. The van der Waals surface area contributed by atoms with Crippen LogP contribution in [0, 0.1) is 23.7 Å². The molecule has 10 rings (SSSR count). The van der Waals surface area contributed by atoms with Gasteiger partial charge in [0.15, 0.2) is 0 Å². The Morgan fingerprint density at radius 1 is 0.712 bits per heavy atom. The number of fused-ring (bicyclic) bond motifs is 4. The fraction of sp³-hybridized carbons (Fsp3) is 0.574. The summed E-state index contributed by atoms with van der Waals surface area (Å²) < 4.78 is 4.93. The monoisotopic (exact) mass is 895 g/mol. The van der Waals surface area contributed by atoms with Crippen molar-refractivity contribution in [3.8, 4) is 0 Å². The number of anilines is 1. The van der Waals surface area contributed by atoms with Gasteiger partial charge in [0, 0.05) is 24.2 Å². The predicted molar refractivity (Wildman–Crippen MR) is 259 cm³/mol. The Morgan fingerprint density at radius 3 is 1.74 bits per heavy atom. The van der Waals surface area contributed by atoms with Crippen LogP contribution in [0.1, 0.15) is 172 Å². The molecular weight excluding hydrogens is 825 g/mol. The average Bonchev–Trinajstić information content (AvgIpc) is 4.14. The van der Waals surface area contributed by atoms with Crippen molar-refractivity contribution in [1.29, 1.82) is 0 Å². The van der Waals surface area contributed by atoms with Crippen LogP contribution in [0.4, 0.5) is 10.5 Å². The number of ether oxygens (including phenoxy) is 1. The number of rotatable bonds is 10. The first-order chi connectivity index (χ1) is 31.7. The Balaban J connectivity index is 0.966. The number of alkyl carbamates (subject to hydrolysis) is 1. The molecule has 0 radical (unpaired) electrons. The fourth-order valence-electron chi connectivity index (χ4n) is 12.8. The first-order valence-electron chi connectivity index (χ1n) is 25.0.